The molecular weight excluding hydrogens is 258 g/mol. The molecule has 0 fully saturated rings. The van der Waals surface area contributed by atoms with Gasteiger partial charge in [-0.2, -0.15) is 0 Å². The molecule has 2 aromatic carbocycles. The Balaban J connectivity index is 2.36. The predicted octanol–water partition coefficient (Wildman–Crippen LogP) is 3.42. The van der Waals surface area contributed by atoms with Crippen molar-refractivity contribution in [2.24, 2.45) is 5.73 Å². The molecule has 0 aliphatic carbocycles. The van der Waals surface area contributed by atoms with E-state index in [4.69, 9.17) is 17.3 Å². The number of rotatable bonds is 4. The Labute approximate surface area is 118 Å². The Kier molecular flexibility index (Phi) is 4.59. The number of halogens is 1. The van der Waals surface area contributed by atoms with Crippen molar-refractivity contribution in [1.82, 2.24) is 0 Å². The Morgan fingerprint density at radius 3 is 2.42 bits per heavy atom. The molecule has 0 aromatic heterocycles. The van der Waals surface area contributed by atoms with Crippen LogP contribution in [0.3, 0.4) is 0 Å². The zero-order valence-corrected chi connectivity index (χ0v) is 11.6. The largest absolute Gasteiger partial charge is 0.388 e. The van der Waals surface area contributed by atoms with Crippen molar-refractivity contribution >= 4 is 11.6 Å². The van der Waals surface area contributed by atoms with Gasteiger partial charge >= 0.3 is 0 Å². The molecule has 19 heavy (non-hydrogen) atoms. The van der Waals surface area contributed by atoms with Crippen molar-refractivity contribution in [2.45, 2.75) is 18.9 Å². The second-order valence-electron chi connectivity index (χ2n) is 4.68. The molecule has 0 spiro atoms. The molecule has 2 rings (SSSR count). The van der Waals surface area contributed by atoms with Gasteiger partial charge in [-0.1, -0.05) is 60.1 Å². The average molecular weight is 276 g/mol. The standard InChI is InChI=1S/C16H18ClNO/c1-11-6-5-9-13(15(11)17)16(19)14(10-18)12-7-3-2-4-8-12/h2-9,14,16,19H,10,18H2,1H3. The van der Waals surface area contributed by atoms with Gasteiger partial charge in [0, 0.05) is 23.0 Å². The summed E-state index contributed by atoms with van der Waals surface area (Å²) < 4.78 is 0. The number of benzene rings is 2. The van der Waals surface area contributed by atoms with Crippen molar-refractivity contribution in [1.29, 1.82) is 0 Å². The van der Waals surface area contributed by atoms with E-state index in [1.54, 1.807) is 0 Å². The van der Waals surface area contributed by atoms with Crippen molar-refractivity contribution in [2.75, 3.05) is 6.54 Å². The molecule has 0 heterocycles. The van der Waals surface area contributed by atoms with Crippen LogP contribution in [0.15, 0.2) is 48.5 Å². The Morgan fingerprint density at radius 1 is 1.11 bits per heavy atom. The lowest BCUT2D eigenvalue weighted by atomic mass is 9.88. The zero-order valence-electron chi connectivity index (χ0n) is 10.9. The van der Waals surface area contributed by atoms with Gasteiger partial charge in [0.2, 0.25) is 0 Å². The molecule has 0 amide bonds. The first-order chi connectivity index (χ1) is 9.15. The molecule has 0 radical (unpaired) electrons. The summed E-state index contributed by atoms with van der Waals surface area (Å²) in [6, 6.07) is 15.5. The van der Waals surface area contributed by atoms with Gasteiger partial charge in [0.25, 0.3) is 0 Å². The van der Waals surface area contributed by atoms with Crippen molar-refractivity contribution < 1.29 is 5.11 Å². The second-order valence-corrected chi connectivity index (χ2v) is 5.05. The van der Waals surface area contributed by atoms with Crippen LogP contribution >= 0.6 is 11.6 Å². The van der Waals surface area contributed by atoms with Crippen molar-refractivity contribution in [3.8, 4) is 0 Å². The van der Waals surface area contributed by atoms with E-state index in [9.17, 15) is 5.11 Å². The van der Waals surface area contributed by atoms with E-state index < -0.39 is 6.10 Å². The maximum Gasteiger partial charge on any atom is 0.0885 e. The second kappa shape index (κ2) is 6.20. The van der Waals surface area contributed by atoms with Crippen LogP contribution in [0.1, 0.15) is 28.7 Å². The summed E-state index contributed by atoms with van der Waals surface area (Å²) in [7, 11) is 0. The highest BCUT2D eigenvalue weighted by molar-refractivity contribution is 6.32. The van der Waals surface area contributed by atoms with Crippen molar-refractivity contribution in [3.63, 3.8) is 0 Å². The summed E-state index contributed by atoms with van der Waals surface area (Å²) in [6.07, 6.45) is -0.695. The fraction of sp³-hybridized carbons (Fsp3) is 0.250. The van der Waals surface area contributed by atoms with E-state index in [0.717, 1.165) is 16.7 Å². The molecule has 2 unspecified atom stereocenters. The highest BCUT2D eigenvalue weighted by atomic mass is 35.5. The number of hydrogen-bond donors (Lipinski definition) is 2. The van der Waals surface area contributed by atoms with Gasteiger partial charge in [0.1, 0.15) is 0 Å². The molecule has 0 aliphatic rings. The highest BCUT2D eigenvalue weighted by Crippen LogP contribution is 2.35. The monoisotopic (exact) mass is 275 g/mol. The van der Waals surface area contributed by atoms with Gasteiger partial charge in [-0.3, -0.25) is 0 Å². The first-order valence-corrected chi connectivity index (χ1v) is 6.71. The average Bonchev–Trinajstić information content (AvgIpc) is 2.44. The minimum atomic E-state index is -0.695. The van der Waals surface area contributed by atoms with Crippen LogP contribution in [0.2, 0.25) is 5.02 Å². The van der Waals surface area contributed by atoms with Gasteiger partial charge < -0.3 is 10.8 Å². The normalized spacial score (nSPS) is 14.1. The minimum absolute atomic E-state index is 0.152. The number of aryl methyl sites for hydroxylation is 1. The number of aliphatic hydroxyl groups excluding tert-OH is 1. The molecule has 0 saturated carbocycles. The smallest absolute Gasteiger partial charge is 0.0885 e. The fourth-order valence-corrected chi connectivity index (χ4v) is 2.50. The van der Waals surface area contributed by atoms with Crippen LogP contribution in [-0.2, 0) is 0 Å². The summed E-state index contributed by atoms with van der Waals surface area (Å²) in [4.78, 5) is 0. The molecule has 0 bridgehead atoms. The van der Waals surface area contributed by atoms with E-state index >= 15 is 0 Å². The van der Waals surface area contributed by atoms with Crippen LogP contribution in [-0.4, -0.2) is 11.7 Å². The lowest BCUT2D eigenvalue weighted by Gasteiger charge is -2.23. The van der Waals surface area contributed by atoms with E-state index in [0.29, 0.717) is 11.6 Å². The summed E-state index contributed by atoms with van der Waals surface area (Å²) in [5.41, 5.74) is 8.55. The Hall–Kier alpha value is -1.35. The first-order valence-electron chi connectivity index (χ1n) is 6.33. The zero-order chi connectivity index (χ0) is 13.8. The molecular formula is C16H18ClNO. The van der Waals surface area contributed by atoms with Gasteiger partial charge in [0.05, 0.1) is 6.10 Å². The topological polar surface area (TPSA) is 46.2 Å². The number of nitrogens with two attached hydrogens (primary N) is 1. The highest BCUT2D eigenvalue weighted by Gasteiger charge is 2.23. The summed E-state index contributed by atoms with van der Waals surface area (Å²) in [5.74, 6) is -0.152. The van der Waals surface area contributed by atoms with Crippen LogP contribution in [0.25, 0.3) is 0 Å². The third-order valence-corrected chi connectivity index (χ3v) is 3.92. The molecule has 0 aliphatic heterocycles. The minimum Gasteiger partial charge on any atom is -0.388 e. The van der Waals surface area contributed by atoms with E-state index in [-0.39, 0.29) is 5.92 Å². The van der Waals surface area contributed by atoms with Crippen LogP contribution in [0, 0.1) is 6.92 Å². The Bertz CT molecular complexity index is 542. The molecule has 2 aromatic rings. The quantitative estimate of drug-likeness (QED) is 0.898. The molecule has 3 N–H and O–H groups in total. The van der Waals surface area contributed by atoms with E-state index in [1.807, 2.05) is 55.5 Å². The summed E-state index contributed by atoms with van der Waals surface area (Å²) in [5, 5.41) is 11.2. The molecule has 0 saturated heterocycles. The lowest BCUT2D eigenvalue weighted by molar-refractivity contribution is 0.147. The van der Waals surface area contributed by atoms with Crippen molar-refractivity contribution in [3.05, 3.63) is 70.2 Å². The van der Waals surface area contributed by atoms with E-state index in [2.05, 4.69) is 0 Å². The van der Waals surface area contributed by atoms with Crippen LogP contribution < -0.4 is 5.73 Å². The van der Waals surface area contributed by atoms with Gasteiger partial charge in [0.15, 0.2) is 0 Å². The van der Waals surface area contributed by atoms with E-state index in [1.165, 1.54) is 0 Å². The summed E-state index contributed by atoms with van der Waals surface area (Å²) >= 11 is 6.28. The summed E-state index contributed by atoms with van der Waals surface area (Å²) in [6.45, 7) is 2.30. The molecule has 2 atom stereocenters. The van der Waals surface area contributed by atoms with Gasteiger partial charge in [-0.05, 0) is 18.1 Å². The van der Waals surface area contributed by atoms with Gasteiger partial charge in [-0.15, -0.1) is 0 Å². The predicted molar refractivity (Wildman–Crippen MR) is 79.4 cm³/mol. The maximum absolute atomic E-state index is 10.6. The Morgan fingerprint density at radius 2 is 1.79 bits per heavy atom. The first kappa shape index (κ1) is 14.1. The fourth-order valence-electron chi connectivity index (χ4n) is 2.26. The third-order valence-electron chi connectivity index (χ3n) is 3.40. The van der Waals surface area contributed by atoms with Crippen LogP contribution in [0.5, 0.6) is 0 Å². The number of aliphatic hydroxyl groups is 1. The lowest BCUT2D eigenvalue weighted by Crippen LogP contribution is -2.20. The molecule has 2 nitrogen and oxygen atoms in total. The third kappa shape index (κ3) is 2.98. The number of hydrogen-bond acceptors (Lipinski definition) is 2. The maximum atomic E-state index is 10.6. The SMILES string of the molecule is Cc1cccc(C(O)C(CN)c2ccccc2)c1Cl. The van der Waals surface area contributed by atoms with Crippen LogP contribution in [0.4, 0.5) is 0 Å². The van der Waals surface area contributed by atoms with Gasteiger partial charge in [-0.25, -0.2) is 0 Å². The molecule has 100 valence electrons. The molecule has 3 heteroatoms.